The van der Waals surface area contributed by atoms with Crippen molar-refractivity contribution in [1.29, 1.82) is 0 Å². The number of halogens is 1. The maximum atomic E-state index is 10.3. The standard InChI is InChI=1S/C18H17BrN2O2/c1-23-11-3-4-15-13(9-11)12-6-7-20-17(18(12)21-15)14-8-10(19)2-5-16(14)22/h2-5,8-9,17,20-22H,6-7H2,1H3/p+1. The van der Waals surface area contributed by atoms with Crippen molar-refractivity contribution >= 4 is 26.8 Å². The topological polar surface area (TPSA) is 61.9 Å². The van der Waals surface area contributed by atoms with Crippen molar-refractivity contribution in [2.45, 2.75) is 12.5 Å². The van der Waals surface area contributed by atoms with Gasteiger partial charge in [0, 0.05) is 21.8 Å². The molecule has 118 valence electrons. The molecule has 0 aliphatic carbocycles. The van der Waals surface area contributed by atoms with E-state index in [0.29, 0.717) is 5.75 Å². The van der Waals surface area contributed by atoms with E-state index in [1.54, 1.807) is 13.2 Å². The Hall–Kier alpha value is -1.98. The summed E-state index contributed by atoms with van der Waals surface area (Å²) in [6.07, 6.45) is 1.01. The molecule has 4 nitrogen and oxygen atoms in total. The van der Waals surface area contributed by atoms with Crippen LogP contribution in [-0.4, -0.2) is 23.7 Å². The molecule has 0 saturated heterocycles. The van der Waals surface area contributed by atoms with E-state index in [1.807, 2.05) is 18.2 Å². The van der Waals surface area contributed by atoms with Gasteiger partial charge in [-0.25, -0.2) is 0 Å². The molecule has 1 unspecified atom stereocenters. The van der Waals surface area contributed by atoms with E-state index in [4.69, 9.17) is 4.74 Å². The number of aromatic nitrogens is 1. The zero-order valence-electron chi connectivity index (χ0n) is 12.8. The van der Waals surface area contributed by atoms with Crippen LogP contribution in [0.1, 0.15) is 22.9 Å². The summed E-state index contributed by atoms with van der Waals surface area (Å²) in [5, 5.41) is 13.8. The van der Waals surface area contributed by atoms with Crippen LogP contribution in [0.15, 0.2) is 40.9 Å². The summed E-state index contributed by atoms with van der Waals surface area (Å²) in [4.78, 5) is 3.55. The fraction of sp³-hybridized carbons (Fsp3) is 0.222. The summed E-state index contributed by atoms with van der Waals surface area (Å²) in [6.45, 7) is 0.994. The van der Waals surface area contributed by atoms with Crippen molar-refractivity contribution in [3.63, 3.8) is 0 Å². The molecule has 23 heavy (non-hydrogen) atoms. The normalized spacial score (nSPS) is 17.2. The number of phenolic OH excluding ortho intramolecular Hbond substituents is 1. The molecule has 0 spiro atoms. The van der Waals surface area contributed by atoms with Crippen LogP contribution in [0.25, 0.3) is 10.9 Å². The summed E-state index contributed by atoms with van der Waals surface area (Å²) >= 11 is 3.50. The monoisotopic (exact) mass is 373 g/mol. The zero-order chi connectivity index (χ0) is 16.0. The number of aromatic hydroxyl groups is 1. The minimum atomic E-state index is 0.0784. The molecular weight excluding hydrogens is 356 g/mol. The van der Waals surface area contributed by atoms with E-state index in [9.17, 15) is 5.11 Å². The largest absolute Gasteiger partial charge is 0.507 e. The average molecular weight is 374 g/mol. The molecule has 5 heteroatoms. The molecule has 2 aromatic carbocycles. The summed E-state index contributed by atoms with van der Waals surface area (Å²) in [6, 6.07) is 11.8. The molecule has 0 saturated carbocycles. The summed E-state index contributed by atoms with van der Waals surface area (Å²) in [7, 11) is 1.69. The minimum Gasteiger partial charge on any atom is -0.507 e. The van der Waals surface area contributed by atoms with Gasteiger partial charge in [-0.05, 0) is 42.0 Å². The van der Waals surface area contributed by atoms with E-state index in [-0.39, 0.29) is 6.04 Å². The van der Waals surface area contributed by atoms with Crippen LogP contribution >= 0.6 is 15.9 Å². The predicted octanol–water partition coefficient (Wildman–Crippen LogP) is 2.85. The summed E-state index contributed by atoms with van der Waals surface area (Å²) in [5.74, 6) is 1.20. The predicted molar refractivity (Wildman–Crippen MR) is 93.0 cm³/mol. The minimum absolute atomic E-state index is 0.0784. The number of fused-ring (bicyclic) bond motifs is 3. The van der Waals surface area contributed by atoms with Crippen molar-refractivity contribution in [1.82, 2.24) is 4.98 Å². The number of rotatable bonds is 2. The Morgan fingerprint density at radius 2 is 2.13 bits per heavy atom. The Morgan fingerprint density at radius 1 is 1.26 bits per heavy atom. The van der Waals surface area contributed by atoms with Gasteiger partial charge in [-0.3, -0.25) is 0 Å². The molecule has 4 N–H and O–H groups in total. The molecule has 2 heterocycles. The van der Waals surface area contributed by atoms with Gasteiger partial charge >= 0.3 is 0 Å². The van der Waals surface area contributed by atoms with Crippen LogP contribution in [0.5, 0.6) is 11.5 Å². The Labute approximate surface area is 142 Å². The molecule has 4 rings (SSSR count). The zero-order valence-corrected chi connectivity index (χ0v) is 14.4. The molecule has 0 amide bonds. The van der Waals surface area contributed by atoms with Crippen molar-refractivity contribution < 1.29 is 15.2 Å². The van der Waals surface area contributed by atoms with Gasteiger partial charge in [0.2, 0.25) is 0 Å². The molecule has 3 aromatic rings. The van der Waals surface area contributed by atoms with Crippen LogP contribution < -0.4 is 10.1 Å². The lowest BCUT2D eigenvalue weighted by molar-refractivity contribution is -0.690. The molecule has 1 atom stereocenters. The third kappa shape index (κ3) is 2.40. The number of aromatic amines is 1. The quantitative estimate of drug-likeness (QED) is 0.646. The van der Waals surface area contributed by atoms with E-state index < -0.39 is 0 Å². The first-order valence-electron chi connectivity index (χ1n) is 7.67. The van der Waals surface area contributed by atoms with Gasteiger partial charge < -0.3 is 20.1 Å². The second-order valence-corrected chi connectivity index (χ2v) is 6.80. The number of ether oxygens (including phenoxy) is 1. The van der Waals surface area contributed by atoms with Crippen molar-refractivity contribution in [2.24, 2.45) is 0 Å². The Bertz CT molecular complexity index is 888. The van der Waals surface area contributed by atoms with E-state index in [0.717, 1.165) is 34.3 Å². The van der Waals surface area contributed by atoms with Gasteiger partial charge in [-0.1, -0.05) is 15.9 Å². The van der Waals surface area contributed by atoms with Crippen LogP contribution in [0.3, 0.4) is 0 Å². The van der Waals surface area contributed by atoms with Gasteiger partial charge in [-0.2, -0.15) is 0 Å². The maximum absolute atomic E-state index is 10.3. The number of hydrogen-bond donors (Lipinski definition) is 3. The SMILES string of the molecule is COc1ccc2[nH]c3c(c2c1)CC[NH2+]C3c1cc(Br)ccc1O. The number of nitrogens with one attached hydrogen (secondary N) is 1. The smallest absolute Gasteiger partial charge is 0.156 e. The van der Waals surface area contributed by atoms with Gasteiger partial charge in [-0.15, -0.1) is 0 Å². The van der Waals surface area contributed by atoms with Gasteiger partial charge in [0.15, 0.2) is 6.04 Å². The fourth-order valence-electron chi connectivity index (χ4n) is 3.48. The molecule has 1 aliphatic rings. The second kappa shape index (κ2) is 5.58. The van der Waals surface area contributed by atoms with Crippen molar-refractivity contribution in [3.05, 3.63) is 57.7 Å². The van der Waals surface area contributed by atoms with Crippen LogP contribution in [0.4, 0.5) is 0 Å². The fourth-order valence-corrected chi connectivity index (χ4v) is 3.86. The van der Waals surface area contributed by atoms with Gasteiger partial charge in [0.05, 0.1) is 24.9 Å². The summed E-state index contributed by atoms with van der Waals surface area (Å²) in [5.41, 5.74) is 4.54. The first-order valence-corrected chi connectivity index (χ1v) is 8.47. The highest BCUT2D eigenvalue weighted by molar-refractivity contribution is 9.10. The van der Waals surface area contributed by atoms with Gasteiger partial charge in [0.25, 0.3) is 0 Å². The number of quaternary nitrogens is 1. The lowest BCUT2D eigenvalue weighted by atomic mass is 9.94. The number of methoxy groups -OCH3 is 1. The van der Waals surface area contributed by atoms with E-state index in [1.165, 1.54) is 16.6 Å². The molecule has 0 radical (unpaired) electrons. The first kappa shape index (κ1) is 14.6. The van der Waals surface area contributed by atoms with Crippen LogP contribution in [0.2, 0.25) is 0 Å². The number of benzene rings is 2. The van der Waals surface area contributed by atoms with Crippen molar-refractivity contribution in [2.75, 3.05) is 13.7 Å². The molecular formula is C18H18BrN2O2+. The average Bonchev–Trinajstić information content (AvgIpc) is 2.95. The highest BCUT2D eigenvalue weighted by Gasteiger charge is 2.30. The molecule has 1 aliphatic heterocycles. The number of H-pyrrole nitrogens is 1. The Kier molecular flexibility index (Phi) is 3.54. The third-order valence-corrected chi connectivity index (χ3v) is 5.07. The first-order chi connectivity index (χ1) is 11.2. The Morgan fingerprint density at radius 3 is 2.96 bits per heavy atom. The van der Waals surface area contributed by atoms with Crippen LogP contribution in [-0.2, 0) is 6.42 Å². The third-order valence-electron chi connectivity index (χ3n) is 4.58. The van der Waals surface area contributed by atoms with E-state index in [2.05, 4.69) is 38.4 Å². The molecule has 0 bridgehead atoms. The molecule has 1 aromatic heterocycles. The number of nitrogens with two attached hydrogens (primary N) is 1. The number of phenols is 1. The number of hydrogen-bond acceptors (Lipinski definition) is 2. The van der Waals surface area contributed by atoms with E-state index >= 15 is 0 Å². The highest BCUT2D eigenvalue weighted by atomic mass is 79.9. The second-order valence-electron chi connectivity index (χ2n) is 5.88. The summed E-state index contributed by atoms with van der Waals surface area (Å²) < 4.78 is 6.34. The lowest BCUT2D eigenvalue weighted by Gasteiger charge is -2.22. The van der Waals surface area contributed by atoms with Crippen molar-refractivity contribution in [3.8, 4) is 11.5 Å². The Balaban J connectivity index is 1.90. The molecule has 0 fully saturated rings. The van der Waals surface area contributed by atoms with Gasteiger partial charge in [0.1, 0.15) is 11.5 Å². The lowest BCUT2D eigenvalue weighted by Crippen LogP contribution is -2.87. The highest BCUT2D eigenvalue weighted by Crippen LogP contribution is 2.36. The maximum Gasteiger partial charge on any atom is 0.156 e. The van der Waals surface area contributed by atoms with Crippen LogP contribution in [0, 0.1) is 0 Å².